The number of nitrogens with zero attached hydrogens (tertiary/aromatic N) is 1. The van der Waals surface area contributed by atoms with Gasteiger partial charge in [0.1, 0.15) is 6.54 Å². The zero-order valence-corrected chi connectivity index (χ0v) is 5.13. The number of cyclic esters (lactones) is 1. The lowest BCUT2D eigenvalue weighted by atomic mass is 10.4. The number of esters is 1. The molecule has 4 heteroatoms. The summed E-state index contributed by atoms with van der Waals surface area (Å²) in [4.78, 5) is 14.1. The number of ether oxygens (including phenoxy) is 1. The van der Waals surface area contributed by atoms with Crippen molar-refractivity contribution in [3.8, 4) is 0 Å². The van der Waals surface area contributed by atoms with Crippen LogP contribution in [-0.4, -0.2) is 24.5 Å². The van der Waals surface area contributed by atoms with E-state index in [0.717, 1.165) is 0 Å². The highest BCUT2D eigenvalue weighted by molar-refractivity contribution is 5.97. The molecule has 0 bridgehead atoms. The molecular weight excluding hydrogens is 120 g/mol. The van der Waals surface area contributed by atoms with Gasteiger partial charge in [0.15, 0.2) is 0 Å². The Morgan fingerprint density at radius 3 is 2.78 bits per heavy atom. The molecule has 0 fully saturated rings. The molecule has 1 heterocycles. The van der Waals surface area contributed by atoms with Crippen molar-refractivity contribution in [1.29, 1.82) is 0 Å². The molecule has 0 aromatic carbocycles. The molecule has 50 valence electrons. The standard InChI is InChI=1S/C5H8N2O2/c1-3(6)5-7-2-4(8)9-5/h3H,2,6H2,1H3. The molecule has 2 N–H and O–H groups in total. The van der Waals surface area contributed by atoms with Crippen molar-refractivity contribution < 1.29 is 9.53 Å². The van der Waals surface area contributed by atoms with Gasteiger partial charge in [0.05, 0.1) is 6.04 Å². The van der Waals surface area contributed by atoms with Crippen molar-refractivity contribution in [2.45, 2.75) is 13.0 Å². The Hall–Kier alpha value is -0.900. The van der Waals surface area contributed by atoms with Gasteiger partial charge in [-0.1, -0.05) is 0 Å². The van der Waals surface area contributed by atoms with Crippen LogP contribution in [0.5, 0.6) is 0 Å². The van der Waals surface area contributed by atoms with Crippen LogP contribution in [0, 0.1) is 0 Å². The monoisotopic (exact) mass is 128 g/mol. The average molecular weight is 128 g/mol. The van der Waals surface area contributed by atoms with E-state index in [2.05, 4.69) is 9.73 Å². The van der Waals surface area contributed by atoms with E-state index in [4.69, 9.17) is 5.73 Å². The van der Waals surface area contributed by atoms with Gasteiger partial charge in [0, 0.05) is 0 Å². The molecule has 0 aliphatic carbocycles. The van der Waals surface area contributed by atoms with Gasteiger partial charge >= 0.3 is 5.97 Å². The number of carbonyl (C=O) groups excluding carboxylic acids is 1. The Bertz CT molecular complexity index is 162. The third-order valence-electron chi connectivity index (χ3n) is 0.972. The van der Waals surface area contributed by atoms with Crippen molar-refractivity contribution in [2.75, 3.05) is 6.54 Å². The highest BCUT2D eigenvalue weighted by Gasteiger charge is 2.18. The molecule has 0 spiro atoms. The van der Waals surface area contributed by atoms with E-state index in [9.17, 15) is 4.79 Å². The maximum Gasteiger partial charge on any atom is 0.334 e. The Labute approximate surface area is 52.7 Å². The molecule has 4 nitrogen and oxygen atoms in total. The minimum atomic E-state index is -0.317. The summed E-state index contributed by atoms with van der Waals surface area (Å²) in [5.74, 6) is 0.0299. The van der Waals surface area contributed by atoms with E-state index >= 15 is 0 Å². The van der Waals surface area contributed by atoms with Crippen LogP contribution in [-0.2, 0) is 9.53 Å². The van der Waals surface area contributed by atoms with Gasteiger partial charge in [-0.15, -0.1) is 0 Å². The van der Waals surface area contributed by atoms with Gasteiger partial charge in [-0.05, 0) is 6.92 Å². The SMILES string of the molecule is CC(N)C1=NCC(=O)O1. The van der Waals surface area contributed by atoms with Crippen LogP contribution in [0.3, 0.4) is 0 Å². The van der Waals surface area contributed by atoms with Crippen molar-refractivity contribution in [3.63, 3.8) is 0 Å². The quantitative estimate of drug-likeness (QED) is 0.474. The largest absolute Gasteiger partial charge is 0.409 e. The summed E-state index contributed by atoms with van der Waals surface area (Å²) in [6.45, 7) is 1.84. The van der Waals surface area contributed by atoms with E-state index in [1.807, 2.05) is 0 Å². The number of hydrogen-bond acceptors (Lipinski definition) is 4. The van der Waals surface area contributed by atoms with E-state index in [1.54, 1.807) is 6.92 Å². The molecule has 0 amide bonds. The predicted octanol–water partition coefficient (Wildman–Crippen LogP) is -0.711. The minimum absolute atomic E-state index is 0.122. The Kier molecular flexibility index (Phi) is 1.48. The summed E-state index contributed by atoms with van der Waals surface area (Å²) in [6, 6.07) is -0.267. The minimum Gasteiger partial charge on any atom is -0.409 e. The van der Waals surface area contributed by atoms with Gasteiger partial charge < -0.3 is 10.5 Å². The van der Waals surface area contributed by atoms with Crippen LogP contribution in [0.15, 0.2) is 4.99 Å². The second-order valence-electron chi connectivity index (χ2n) is 1.92. The molecule has 1 atom stereocenters. The molecule has 1 rings (SSSR count). The van der Waals surface area contributed by atoms with Gasteiger partial charge in [0.25, 0.3) is 0 Å². The molecule has 0 saturated carbocycles. The summed E-state index contributed by atoms with van der Waals surface area (Å²) < 4.78 is 4.61. The summed E-state index contributed by atoms with van der Waals surface area (Å²) >= 11 is 0. The third kappa shape index (κ3) is 1.26. The summed E-state index contributed by atoms with van der Waals surface area (Å²) in [7, 11) is 0. The van der Waals surface area contributed by atoms with E-state index < -0.39 is 0 Å². The molecule has 0 saturated heterocycles. The van der Waals surface area contributed by atoms with Crippen LogP contribution in [0.2, 0.25) is 0 Å². The Balaban J connectivity index is 2.55. The van der Waals surface area contributed by atoms with Crippen LogP contribution < -0.4 is 5.73 Å². The zero-order valence-electron chi connectivity index (χ0n) is 5.13. The van der Waals surface area contributed by atoms with Crippen molar-refractivity contribution in [1.82, 2.24) is 0 Å². The number of carbonyl (C=O) groups is 1. The number of hydrogen-bond donors (Lipinski definition) is 1. The Morgan fingerprint density at radius 2 is 2.56 bits per heavy atom. The van der Waals surface area contributed by atoms with Crippen LogP contribution in [0.1, 0.15) is 6.92 Å². The number of nitrogens with two attached hydrogens (primary N) is 1. The first kappa shape index (κ1) is 6.22. The highest BCUT2D eigenvalue weighted by atomic mass is 16.6. The molecule has 1 aliphatic rings. The Morgan fingerprint density at radius 1 is 1.89 bits per heavy atom. The average Bonchev–Trinajstić information content (AvgIpc) is 2.14. The fourth-order valence-corrected chi connectivity index (χ4v) is 0.561. The molecule has 1 aliphatic heterocycles. The topological polar surface area (TPSA) is 64.7 Å². The van der Waals surface area contributed by atoms with Crippen molar-refractivity contribution in [3.05, 3.63) is 0 Å². The summed E-state index contributed by atoms with van der Waals surface area (Å²) in [6.07, 6.45) is 0. The molecule has 0 radical (unpaired) electrons. The van der Waals surface area contributed by atoms with E-state index in [0.29, 0.717) is 5.90 Å². The van der Waals surface area contributed by atoms with Gasteiger partial charge in [0.2, 0.25) is 5.90 Å². The normalized spacial score (nSPS) is 21.1. The lowest BCUT2D eigenvalue weighted by Gasteiger charge is -2.00. The highest BCUT2D eigenvalue weighted by Crippen LogP contribution is 1.97. The smallest absolute Gasteiger partial charge is 0.334 e. The fraction of sp³-hybridized carbons (Fsp3) is 0.600. The van der Waals surface area contributed by atoms with Crippen LogP contribution in [0.4, 0.5) is 0 Å². The number of aliphatic imine (C=N–C) groups is 1. The molecule has 1 unspecified atom stereocenters. The lowest BCUT2D eigenvalue weighted by Crippen LogP contribution is -2.27. The van der Waals surface area contributed by atoms with Gasteiger partial charge in [-0.2, -0.15) is 0 Å². The van der Waals surface area contributed by atoms with E-state index in [1.165, 1.54) is 0 Å². The van der Waals surface area contributed by atoms with Crippen LogP contribution >= 0.6 is 0 Å². The molecule has 0 aromatic heterocycles. The maximum atomic E-state index is 10.4. The first-order valence-electron chi connectivity index (χ1n) is 2.71. The van der Waals surface area contributed by atoms with Gasteiger partial charge in [-0.25, -0.2) is 9.79 Å². The fourth-order valence-electron chi connectivity index (χ4n) is 0.561. The van der Waals surface area contributed by atoms with Crippen LogP contribution in [0.25, 0.3) is 0 Å². The predicted molar refractivity (Wildman–Crippen MR) is 32.0 cm³/mol. The third-order valence-corrected chi connectivity index (χ3v) is 0.972. The van der Waals surface area contributed by atoms with Crippen molar-refractivity contribution >= 4 is 11.9 Å². The number of rotatable bonds is 1. The maximum absolute atomic E-state index is 10.4. The summed E-state index contributed by atoms with van der Waals surface area (Å²) in [5, 5.41) is 0. The molecular formula is C5H8N2O2. The van der Waals surface area contributed by atoms with Crippen molar-refractivity contribution in [2.24, 2.45) is 10.7 Å². The zero-order chi connectivity index (χ0) is 6.85. The van der Waals surface area contributed by atoms with E-state index in [-0.39, 0.29) is 18.6 Å². The first-order valence-corrected chi connectivity index (χ1v) is 2.71. The molecule has 9 heavy (non-hydrogen) atoms. The molecule has 0 aromatic rings. The summed E-state index contributed by atoms with van der Waals surface area (Å²) in [5.41, 5.74) is 5.35. The second kappa shape index (κ2) is 2.14. The first-order chi connectivity index (χ1) is 4.20. The van der Waals surface area contributed by atoms with Gasteiger partial charge in [-0.3, -0.25) is 0 Å². The lowest BCUT2D eigenvalue weighted by molar-refractivity contribution is -0.132. The second-order valence-corrected chi connectivity index (χ2v) is 1.92.